The molecule has 1 N–H and O–H groups in total. The molecule has 20 heavy (non-hydrogen) atoms. The minimum absolute atomic E-state index is 0.0436. The molecule has 0 aliphatic carbocycles. The van der Waals surface area contributed by atoms with Crippen LogP contribution < -0.4 is 10.5 Å². The first kappa shape index (κ1) is 14.0. The first-order chi connectivity index (χ1) is 9.54. The number of carbonyl (C=O) groups is 1. The van der Waals surface area contributed by atoms with E-state index in [0.29, 0.717) is 25.9 Å². The lowest BCUT2D eigenvalue weighted by atomic mass is 9.97. The van der Waals surface area contributed by atoms with E-state index in [4.69, 9.17) is 0 Å². The van der Waals surface area contributed by atoms with Crippen LogP contribution >= 0.6 is 0 Å². The summed E-state index contributed by atoms with van der Waals surface area (Å²) in [4.78, 5) is 40.9. The second-order valence-electron chi connectivity index (χ2n) is 4.45. The van der Waals surface area contributed by atoms with E-state index < -0.39 is 16.2 Å². The topological polar surface area (TPSA) is 118 Å². The molecule has 1 aliphatic heterocycles. The zero-order valence-electron chi connectivity index (χ0n) is 10.9. The highest BCUT2D eigenvalue weighted by Gasteiger charge is 2.31. The van der Waals surface area contributed by atoms with Gasteiger partial charge in [-0.25, -0.2) is 4.98 Å². The van der Waals surface area contributed by atoms with Gasteiger partial charge in [0.1, 0.15) is 0 Å². The van der Waals surface area contributed by atoms with E-state index in [1.165, 1.54) is 7.11 Å². The molecule has 0 unspecified atom stereocenters. The standard InChI is InChI=1S/C11H14N4O5/c1-20-11(17)7-2-4-14(5-3-7)9-8(15(18)19)10(16)13-6-12-9/h6-7H,2-5H2,1H3,(H,12,13,16). The number of aromatic amines is 1. The summed E-state index contributed by atoms with van der Waals surface area (Å²) in [5.74, 6) is -0.447. The number of methoxy groups -OCH3 is 1. The van der Waals surface area contributed by atoms with E-state index in [0.717, 1.165) is 6.33 Å². The van der Waals surface area contributed by atoms with Gasteiger partial charge in [0.2, 0.25) is 5.82 Å². The molecule has 0 bridgehead atoms. The quantitative estimate of drug-likeness (QED) is 0.473. The zero-order chi connectivity index (χ0) is 14.7. The molecule has 1 aliphatic rings. The van der Waals surface area contributed by atoms with Gasteiger partial charge in [0.25, 0.3) is 0 Å². The second-order valence-corrected chi connectivity index (χ2v) is 4.45. The van der Waals surface area contributed by atoms with E-state index in [-0.39, 0.29) is 17.7 Å². The van der Waals surface area contributed by atoms with Crippen molar-refractivity contribution in [2.45, 2.75) is 12.8 Å². The highest BCUT2D eigenvalue weighted by molar-refractivity contribution is 5.72. The van der Waals surface area contributed by atoms with Crippen molar-refractivity contribution in [3.63, 3.8) is 0 Å². The number of nitrogens with one attached hydrogen (secondary N) is 1. The Balaban J connectivity index is 2.19. The van der Waals surface area contributed by atoms with E-state index in [1.54, 1.807) is 4.90 Å². The van der Waals surface area contributed by atoms with Gasteiger partial charge in [-0.2, -0.15) is 0 Å². The molecule has 0 aromatic carbocycles. The van der Waals surface area contributed by atoms with Gasteiger partial charge in [-0.05, 0) is 12.8 Å². The van der Waals surface area contributed by atoms with Crippen LogP contribution in [0.2, 0.25) is 0 Å². The van der Waals surface area contributed by atoms with Crippen molar-refractivity contribution in [3.05, 3.63) is 26.8 Å². The van der Waals surface area contributed by atoms with Gasteiger partial charge in [-0.3, -0.25) is 19.7 Å². The summed E-state index contributed by atoms with van der Waals surface area (Å²) in [6.45, 7) is 0.827. The fourth-order valence-corrected chi connectivity index (χ4v) is 2.27. The molecule has 1 aromatic rings. The van der Waals surface area contributed by atoms with Gasteiger partial charge in [-0.15, -0.1) is 0 Å². The maximum Gasteiger partial charge on any atom is 0.375 e. The van der Waals surface area contributed by atoms with Crippen molar-refractivity contribution in [1.82, 2.24) is 9.97 Å². The van der Waals surface area contributed by atoms with Gasteiger partial charge in [0.05, 0.1) is 24.3 Å². The van der Waals surface area contributed by atoms with Crippen LogP contribution in [0.4, 0.5) is 11.5 Å². The molecular formula is C11H14N4O5. The lowest BCUT2D eigenvalue weighted by Gasteiger charge is -2.30. The SMILES string of the molecule is COC(=O)C1CCN(c2nc[nH]c(=O)c2[N+](=O)[O-])CC1. The Kier molecular flexibility index (Phi) is 3.97. The number of piperidine rings is 1. The van der Waals surface area contributed by atoms with Crippen LogP contribution in [0.25, 0.3) is 0 Å². The van der Waals surface area contributed by atoms with Crippen LogP contribution in [0.5, 0.6) is 0 Å². The van der Waals surface area contributed by atoms with Crippen LogP contribution in [0.3, 0.4) is 0 Å². The number of H-pyrrole nitrogens is 1. The first-order valence-corrected chi connectivity index (χ1v) is 6.09. The molecule has 0 spiro atoms. The van der Waals surface area contributed by atoms with Crippen LogP contribution in [-0.4, -0.2) is 41.1 Å². The monoisotopic (exact) mass is 282 g/mol. The lowest BCUT2D eigenvalue weighted by molar-refractivity contribution is -0.385. The third kappa shape index (κ3) is 2.60. The van der Waals surface area contributed by atoms with E-state index >= 15 is 0 Å². The number of ether oxygens (including phenoxy) is 1. The molecule has 0 amide bonds. The Morgan fingerprint density at radius 1 is 1.55 bits per heavy atom. The summed E-state index contributed by atoms with van der Waals surface area (Å²) in [5.41, 5.74) is -1.35. The largest absolute Gasteiger partial charge is 0.469 e. The Morgan fingerprint density at radius 2 is 2.20 bits per heavy atom. The molecule has 9 heteroatoms. The smallest absolute Gasteiger partial charge is 0.375 e. The molecule has 1 aromatic heterocycles. The highest BCUT2D eigenvalue weighted by atomic mass is 16.6. The second kappa shape index (κ2) is 5.68. The van der Waals surface area contributed by atoms with Crippen molar-refractivity contribution < 1.29 is 14.5 Å². The van der Waals surface area contributed by atoms with Gasteiger partial charge >= 0.3 is 17.2 Å². The van der Waals surface area contributed by atoms with E-state index in [1.807, 2.05) is 0 Å². The average molecular weight is 282 g/mol. The lowest BCUT2D eigenvalue weighted by Crippen LogP contribution is -2.38. The number of carbonyl (C=O) groups excluding carboxylic acids is 1. The molecular weight excluding hydrogens is 268 g/mol. The number of rotatable bonds is 3. The van der Waals surface area contributed by atoms with E-state index in [9.17, 15) is 19.7 Å². The zero-order valence-corrected chi connectivity index (χ0v) is 10.9. The van der Waals surface area contributed by atoms with Gasteiger partial charge in [0.15, 0.2) is 0 Å². The fourth-order valence-electron chi connectivity index (χ4n) is 2.27. The summed E-state index contributed by atoms with van der Waals surface area (Å²) < 4.78 is 4.68. The van der Waals surface area contributed by atoms with Gasteiger partial charge < -0.3 is 14.6 Å². The van der Waals surface area contributed by atoms with Crippen molar-refractivity contribution >= 4 is 17.5 Å². The van der Waals surface area contributed by atoms with Crippen LogP contribution in [0, 0.1) is 16.0 Å². The highest BCUT2D eigenvalue weighted by Crippen LogP contribution is 2.26. The summed E-state index contributed by atoms with van der Waals surface area (Å²) in [7, 11) is 1.33. The molecule has 108 valence electrons. The van der Waals surface area contributed by atoms with Gasteiger partial charge in [-0.1, -0.05) is 0 Å². The molecule has 1 saturated heterocycles. The first-order valence-electron chi connectivity index (χ1n) is 6.09. The average Bonchev–Trinajstić information content (AvgIpc) is 2.46. The summed E-state index contributed by atoms with van der Waals surface area (Å²) in [5, 5.41) is 10.9. The molecule has 2 rings (SSSR count). The predicted molar refractivity (Wildman–Crippen MR) is 68.5 cm³/mol. The number of anilines is 1. The molecule has 0 saturated carbocycles. The van der Waals surface area contributed by atoms with E-state index in [2.05, 4.69) is 14.7 Å². The fraction of sp³-hybridized carbons (Fsp3) is 0.545. The minimum Gasteiger partial charge on any atom is -0.469 e. The predicted octanol–water partition coefficient (Wildman–Crippen LogP) is 0.0675. The minimum atomic E-state index is -0.782. The maximum absolute atomic E-state index is 11.5. The summed E-state index contributed by atoms with van der Waals surface area (Å²) in [6.07, 6.45) is 2.16. The number of aromatic nitrogens is 2. The van der Waals surface area contributed by atoms with Crippen LogP contribution in [0.15, 0.2) is 11.1 Å². The maximum atomic E-state index is 11.5. The number of nitrogens with zero attached hydrogens (tertiary/aromatic N) is 3. The van der Waals surface area contributed by atoms with Crippen LogP contribution in [-0.2, 0) is 9.53 Å². The number of esters is 1. The van der Waals surface area contributed by atoms with Crippen LogP contribution in [0.1, 0.15) is 12.8 Å². The van der Waals surface area contributed by atoms with Crippen molar-refractivity contribution in [2.24, 2.45) is 5.92 Å². The molecule has 2 heterocycles. The third-order valence-electron chi connectivity index (χ3n) is 3.32. The number of hydrogen-bond acceptors (Lipinski definition) is 7. The van der Waals surface area contributed by atoms with Crippen molar-refractivity contribution in [2.75, 3.05) is 25.1 Å². The normalized spacial score (nSPS) is 15.9. The Bertz CT molecular complexity index is 576. The summed E-state index contributed by atoms with van der Waals surface area (Å²) in [6, 6.07) is 0. The Hall–Kier alpha value is -2.45. The number of hydrogen-bond donors (Lipinski definition) is 1. The molecule has 0 radical (unpaired) electrons. The Morgan fingerprint density at radius 3 is 2.75 bits per heavy atom. The van der Waals surface area contributed by atoms with Gasteiger partial charge in [0, 0.05) is 13.1 Å². The van der Waals surface area contributed by atoms with Crippen molar-refractivity contribution in [3.8, 4) is 0 Å². The Labute approximate surface area is 113 Å². The number of nitro groups is 1. The molecule has 9 nitrogen and oxygen atoms in total. The molecule has 1 fully saturated rings. The van der Waals surface area contributed by atoms with Crippen molar-refractivity contribution in [1.29, 1.82) is 0 Å². The summed E-state index contributed by atoms with van der Waals surface area (Å²) >= 11 is 0. The third-order valence-corrected chi connectivity index (χ3v) is 3.32. The molecule has 0 atom stereocenters.